The fourth-order valence-corrected chi connectivity index (χ4v) is 3.99. The van der Waals surface area contributed by atoms with Crippen LogP contribution in [0.4, 0.5) is 5.69 Å². The van der Waals surface area contributed by atoms with Crippen LogP contribution in [0.1, 0.15) is 52.7 Å². The summed E-state index contributed by atoms with van der Waals surface area (Å²) in [6.07, 6.45) is 4.41. The minimum absolute atomic E-state index is 0.0696. The van der Waals surface area contributed by atoms with E-state index in [0.717, 1.165) is 48.3 Å². The third-order valence-electron chi connectivity index (χ3n) is 5.51. The minimum Gasteiger partial charge on any atom is -0.396 e. The molecule has 4 heteroatoms. The molecule has 0 saturated carbocycles. The monoisotopic (exact) mass is 366 g/mol. The van der Waals surface area contributed by atoms with Gasteiger partial charge in [0, 0.05) is 30.4 Å². The number of carbonyl (C=O) groups is 1. The number of carbonyl (C=O) groups excluding carboxylic acids is 1. The Morgan fingerprint density at radius 1 is 1.15 bits per heavy atom. The van der Waals surface area contributed by atoms with Crippen molar-refractivity contribution in [2.24, 2.45) is 0 Å². The first-order valence-electron chi connectivity index (χ1n) is 9.90. The van der Waals surface area contributed by atoms with Crippen LogP contribution in [0.3, 0.4) is 0 Å². The van der Waals surface area contributed by atoms with Crippen LogP contribution >= 0.6 is 0 Å². The fraction of sp³-hybridized carbons (Fsp3) is 0.435. The molecule has 0 spiro atoms. The lowest BCUT2D eigenvalue weighted by Gasteiger charge is -2.35. The minimum atomic E-state index is -0.0696. The van der Waals surface area contributed by atoms with Crippen molar-refractivity contribution in [2.75, 3.05) is 18.5 Å². The molecule has 0 aromatic heterocycles. The first kappa shape index (κ1) is 19.6. The Bertz CT molecular complexity index is 765. The zero-order valence-corrected chi connectivity index (χ0v) is 16.4. The Balaban J connectivity index is 1.72. The maximum absolute atomic E-state index is 12.8. The van der Waals surface area contributed by atoms with E-state index in [1.54, 1.807) is 0 Å². The number of hydrogen-bond acceptors (Lipinski definition) is 3. The van der Waals surface area contributed by atoms with Gasteiger partial charge in [0.2, 0.25) is 0 Å². The molecule has 0 unspecified atom stereocenters. The van der Waals surface area contributed by atoms with E-state index in [9.17, 15) is 9.90 Å². The predicted octanol–water partition coefficient (Wildman–Crippen LogP) is 4.29. The van der Waals surface area contributed by atoms with Crippen molar-refractivity contribution >= 4 is 11.6 Å². The van der Waals surface area contributed by atoms with Crippen molar-refractivity contribution in [3.05, 3.63) is 64.7 Å². The molecule has 1 aliphatic rings. The first-order valence-corrected chi connectivity index (χ1v) is 9.90. The summed E-state index contributed by atoms with van der Waals surface area (Å²) in [6, 6.07) is 14.4. The molecule has 2 aromatic carbocycles. The van der Waals surface area contributed by atoms with Crippen LogP contribution in [0, 0.1) is 13.8 Å². The van der Waals surface area contributed by atoms with Crippen LogP contribution in [0.2, 0.25) is 0 Å². The molecular weight excluding hydrogens is 336 g/mol. The number of aliphatic hydroxyl groups excluding tert-OH is 1. The molecule has 1 heterocycles. The lowest BCUT2D eigenvalue weighted by Crippen LogP contribution is -2.39. The van der Waals surface area contributed by atoms with Gasteiger partial charge in [-0.1, -0.05) is 36.8 Å². The number of para-hydroxylation sites is 1. The van der Waals surface area contributed by atoms with Gasteiger partial charge in [0.05, 0.1) is 0 Å². The molecule has 1 aliphatic heterocycles. The van der Waals surface area contributed by atoms with Gasteiger partial charge in [-0.25, -0.2) is 0 Å². The number of piperidine rings is 1. The molecule has 0 bridgehead atoms. The molecule has 0 aliphatic carbocycles. The Hall–Kier alpha value is -2.17. The van der Waals surface area contributed by atoms with Crippen LogP contribution in [0.25, 0.3) is 0 Å². The number of nitrogens with one attached hydrogen (secondary N) is 1. The number of amides is 1. The van der Waals surface area contributed by atoms with E-state index >= 15 is 0 Å². The number of nitrogens with zero attached hydrogens (tertiary/aromatic N) is 1. The number of aliphatic hydroxyl groups is 1. The van der Waals surface area contributed by atoms with E-state index in [-0.39, 0.29) is 12.5 Å². The second-order valence-electron chi connectivity index (χ2n) is 7.55. The van der Waals surface area contributed by atoms with E-state index in [1.807, 2.05) is 50.2 Å². The van der Waals surface area contributed by atoms with Crippen molar-refractivity contribution in [3.8, 4) is 0 Å². The van der Waals surface area contributed by atoms with Crippen molar-refractivity contribution < 1.29 is 9.90 Å². The summed E-state index contributed by atoms with van der Waals surface area (Å²) in [7, 11) is 0. The normalized spacial score (nSPS) is 17.7. The quantitative estimate of drug-likeness (QED) is 0.802. The van der Waals surface area contributed by atoms with Crippen LogP contribution < -0.4 is 5.32 Å². The number of rotatable bonds is 6. The molecule has 144 valence electrons. The van der Waals surface area contributed by atoms with Gasteiger partial charge in [0.15, 0.2) is 0 Å². The molecule has 1 saturated heterocycles. The molecule has 1 fully saturated rings. The highest BCUT2D eigenvalue weighted by Gasteiger charge is 2.22. The SMILES string of the molecule is Cc1cccc(C)c1NC(=O)c1cccc(CN2CCCC[C@H]2CCO)c1. The second-order valence-corrected chi connectivity index (χ2v) is 7.55. The largest absolute Gasteiger partial charge is 0.396 e. The molecule has 2 N–H and O–H groups in total. The van der Waals surface area contributed by atoms with Gasteiger partial charge < -0.3 is 10.4 Å². The summed E-state index contributed by atoms with van der Waals surface area (Å²) in [5, 5.41) is 12.4. The number of aryl methyl sites for hydroxylation is 2. The third-order valence-corrected chi connectivity index (χ3v) is 5.51. The number of benzene rings is 2. The Morgan fingerprint density at radius 3 is 2.63 bits per heavy atom. The lowest BCUT2D eigenvalue weighted by molar-refractivity contribution is 0.102. The van der Waals surface area contributed by atoms with Crippen LogP contribution in [-0.4, -0.2) is 35.1 Å². The summed E-state index contributed by atoms with van der Waals surface area (Å²) in [6.45, 7) is 6.14. The molecule has 0 radical (unpaired) electrons. The zero-order chi connectivity index (χ0) is 19.2. The van der Waals surface area contributed by atoms with E-state index in [0.29, 0.717) is 11.6 Å². The predicted molar refractivity (Wildman–Crippen MR) is 110 cm³/mol. The van der Waals surface area contributed by atoms with E-state index in [1.165, 1.54) is 12.8 Å². The first-order chi connectivity index (χ1) is 13.1. The molecule has 2 aromatic rings. The zero-order valence-electron chi connectivity index (χ0n) is 16.4. The molecule has 3 rings (SSSR count). The van der Waals surface area contributed by atoms with Crippen LogP contribution in [0.5, 0.6) is 0 Å². The highest BCUT2D eigenvalue weighted by atomic mass is 16.3. The summed E-state index contributed by atoms with van der Waals surface area (Å²) < 4.78 is 0. The average molecular weight is 367 g/mol. The maximum Gasteiger partial charge on any atom is 0.255 e. The summed E-state index contributed by atoms with van der Waals surface area (Å²) in [4.78, 5) is 15.2. The number of hydrogen-bond donors (Lipinski definition) is 2. The smallest absolute Gasteiger partial charge is 0.255 e. The Kier molecular flexibility index (Phi) is 6.64. The molecule has 1 atom stereocenters. The fourth-order valence-electron chi connectivity index (χ4n) is 3.99. The third kappa shape index (κ3) is 4.96. The molecule has 1 amide bonds. The second kappa shape index (κ2) is 9.16. The maximum atomic E-state index is 12.8. The molecular formula is C23H30N2O2. The van der Waals surface area contributed by atoms with Crippen molar-refractivity contribution in [1.29, 1.82) is 0 Å². The van der Waals surface area contributed by atoms with Gasteiger partial charge in [0.1, 0.15) is 0 Å². The Morgan fingerprint density at radius 2 is 1.89 bits per heavy atom. The highest BCUT2D eigenvalue weighted by Crippen LogP contribution is 2.23. The lowest BCUT2D eigenvalue weighted by atomic mass is 9.98. The van der Waals surface area contributed by atoms with Crippen molar-refractivity contribution in [1.82, 2.24) is 4.90 Å². The van der Waals surface area contributed by atoms with Gasteiger partial charge >= 0.3 is 0 Å². The van der Waals surface area contributed by atoms with Crippen LogP contribution in [0.15, 0.2) is 42.5 Å². The highest BCUT2D eigenvalue weighted by molar-refractivity contribution is 6.05. The summed E-state index contributed by atoms with van der Waals surface area (Å²) in [5.74, 6) is -0.0696. The van der Waals surface area contributed by atoms with Crippen molar-refractivity contribution in [3.63, 3.8) is 0 Å². The van der Waals surface area contributed by atoms with E-state index in [4.69, 9.17) is 0 Å². The average Bonchev–Trinajstić information content (AvgIpc) is 2.67. The number of likely N-dealkylation sites (tertiary alicyclic amines) is 1. The van der Waals surface area contributed by atoms with Gasteiger partial charge in [0.25, 0.3) is 5.91 Å². The number of anilines is 1. The van der Waals surface area contributed by atoms with Gasteiger partial charge in [-0.2, -0.15) is 0 Å². The molecule has 4 nitrogen and oxygen atoms in total. The van der Waals surface area contributed by atoms with E-state index in [2.05, 4.69) is 16.3 Å². The molecule has 27 heavy (non-hydrogen) atoms. The summed E-state index contributed by atoms with van der Waals surface area (Å²) in [5.41, 5.74) is 4.87. The van der Waals surface area contributed by atoms with Gasteiger partial charge in [-0.05, 0) is 68.5 Å². The topological polar surface area (TPSA) is 52.6 Å². The van der Waals surface area contributed by atoms with Crippen molar-refractivity contribution in [2.45, 2.75) is 52.1 Å². The van der Waals surface area contributed by atoms with Crippen LogP contribution in [-0.2, 0) is 6.54 Å². The van der Waals surface area contributed by atoms with E-state index < -0.39 is 0 Å². The van der Waals surface area contributed by atoms with Gasteiger partial charge in [-0.15, -0.1) is 0 Å². The summed E-state index contributed by atoms with van der Waals surface area (Å²) >= 11 is 0. The Labute approximate surface area is 162 Å². The standard InChI is InChI=1S/C23H30N2O2/c1-17-7-5-8-18(2)22(17)24-23(27)20-10-6-9-19(15-20)16-25-13-4-3-11-21(25)12-14-26/h5-10,15,21,26H,3-4,11-14,16H2,1-2H3,(H,24,27)/t21-/m0/s1. The van der Waals surface area contributed by atoms with Gasteiger partial charge in [-0.3, -0.25) is 9.69 Å².